The summed E-state index contributed by atoms with van der Waals surface area (Å²) >= 11 is 0. The van der Waals surface area contributed by atoms with Crippen LogP contribution >= 0.6 is 0 Å². The molecule has 0 N–H and O–H groups in total. The van der Waals surface area contributed by atoms with Gasteiger partial charge in [-0.1, -0.05) is 197 Å². The minimum Gasteiger partial charge on any atom is -0.303 e. The van der Waals surface area contributed by atoms with E-state index in [4.69, 9.17) is 0 Å². The van der Waals surface area contributed by atoms with Crippen LogP contribution in [0.4, 0.5) is 0 Å². The highest BCUT2D eigenvalue weighted by Crippen LogP contribution is 2.16. The van der Waals surface area contributed by atoms with Crippen LogP contribution in [-0.2, 0) is 14.4 Å². The van der Waals surface area contributed by atoms with Crippen molar-refractivity contribution in [2.24, 2.45) is 17.8 Å². The number of amides is 3. The fourth-order valence-electron chi connectivity index (χ4n) is 6.92. The van der Waals surface area contributed by atoms with E-state index in [0.29, 0.717) is 19.3 Å². The van der Waals surface area contributed by atoms with E-state index >= 15 is 0 Å². The molecule has 316 valence electrons. The van der Waals surface area contributed by atoms with Crippen molar-refractivity contribution in [1.82, 2.24) is 9.80 Å². The SMILES string of the molecule is CC(C)CCCCCN(CCCCCC(C)C)CCCCCC(C)C.CCCCCCCC(=O)N(C(=O)CCCCCCC)C(=O)CCCCCCC. The summed E-state index contributed by atoms with van der Waals surface area (Å²) in [6.45, 7) is 24.6. The zero-order valence-corrected chi connectivity index (χ0v) is 37.7. The Morgan fingerprint density at radius 2 is 0.585 bits per heavy atom. The molecule has 0 saturated heterocycles. The molecule has 0 heterocycles. The number of rotatable bonds is 36. The second-order valence-electron chi connectivity index (χ2n) is 17.6. The Bertz CT molecular complexity index is 704. The van der Waals surface area contributed by atoms with E-state index in [-0.39, 0.29) is 17.7 Å². The minimum absolute atomic E-state index is 0.284. The Hall–Kier alpha value is -1.23. The average Bonchev–Trinajstić information content (AvgIpc) is 3.10. The van der Waals surface area contributed by atoms with Gasteiger partial charge in [-0.15, -0.1) is 0 Å². The Morgan fingerprint density at radius 1 is 0.340 bits per heavy atom. The molecule has 0 aliphatic carbocycles. The van der Waals surface area contributed by atoms with Crippen LogP contribution in [0.5, 0.6) is 0 Å². The van der Waals surface area contributed by atoms with Gasteiger partial charge in [0.05, 0.1) is 0 Å². The van der Waals surface area contributed by atoms with Crippen LogP contribution in [0.3, 0.4) is 0 Å². The third-order valence-corrected chi connectivity index (χ3v) is 10.5. The van der Waals surface area contributed by atoms with E-state index < -0.39 is 0 Å². The van der Waals surface area contributed by atoms with Gasteiger partial charge in [0.1, 0.15) is 0 Å². The molecule has 0 aliphatic rings. The maximum absolute atomic E-state index is 12.6. The summed E-state index contributed by atoms with van der Waals surface area (Å²) in [7, 11) is 0. The van der Waals surface area contributed by atoms with Crippen molar-refractivity contribution in [3.05, 3.63) is 0 Å². The van der Waals surface area contributed by atoms with Gasteiger partial charge in [-0.25, -0.2) is 4.90 Å². The van der Waals surface area contributed by atoms with Crippen molar-refractivity contribution >= 4 is 17.7 Å². The zero-order valence-electron chi connectivity index (χ0n) is 37.7. The first-order valence-corrected chi connectivity index (χ1v) is 23.6. The predicted molar refractivity (Wildman–Crippen MR) is 233 cm³/mol. The lowest BCUT2D eigenvalue weighted by atomic mass is 10.0. The van der Waals surface area contributed by atoms with Gasteiger partial charge in [-0.05, 0) is 75.9 Å². The number of carbonyl (C=O) groups excluding carboxylic acids is 3. The molecule has 53 heavy (non-hydrogen) atoms. The molecule has 0 unspecified atom stereocenters. The van der Waals surface area contributed by atoms with Crippen LogP contribution < -0.4 is 0 Å². The van der Waals surface area contributed by atoms with Crippen LogP contribution in [0.1, 0.15) is 255 Å². The third-order valence-electron chi connectivity index (χ3n) is 10.5. The minimum atomic E-state index is -0.284. The molecule has 0 aromatic rings. The smallest absolute Gasteiger partial charge is 0.236 e. The maximum atomic E-state index is 12.6. The number of hydrogen-bond donors (Lipinski definition) is 0. The monoisotopic (exact) mass is 749 g/mol. The van der Waals surface area contributed by atoms with E-state index in [9.17, 15) is 14.4 Å². The number of imide groups is 3. The van der Waals surface area contributed by atoms with Gasteiger partial charge < -0.3 is 4.90 Å². The largest absolute Gasteiger partial charge is 0.303 e. The standard InChI is InChI=1S/C24H45NO3.C24H51N/c1-4-7-10-13-16-19-22(26)25(23(27)20-17-14-11-8-5-2)24(28)21-18-15-12-9-6-3;1-22(2)16-10-7-13-19-25(20-14-8-11-17-23(3)4)21-15-9-12-18-24(5)6/h4-21H2,1-3H3;22-24H,7-21H2,1-6H3. The molecule has 0 bridgehead atoms. The third kappa shape index (κ3) is 38.8. The summed E-state index contributed by atoms with van der Waals surface area (Å²) < 4.78 is 0. The fourth-order valence-corrected chi connectivity index (χ4v) is 6.92. The first kappa shape index (κ1) is 53.9. The van der Waals surface area contributed by atoms with Gasteiger partial charge >= 0.3 is 0 Å². The molecule has 0 saturated carbocycles. The number of nitrogens with zero attached hydrogens (tertiary/aromatic N) is 2. The molecule has 0 aromatic heterocycles. The predicted octanol–water partition coefficient (Wildman–Crippen LogP) is 14.9. The van der Waals surface area contributed by atoms with Crippen molar-refractivity contribution < 1.29 is 14.4 Å². The quantitative estimate of drug-likeness (QED) is 0.0599. The molecule has 0 radical (unpaired) electrons. The highest BCUT2D eigenvalue weighted by molar-refractivity contribution is 6.10. The molecule has 5 nitrogen and oxygen atoms in total. The average molecular weight is 749 g/mol. The molecular formula is C48H96N2O3. The summed E-state index contributed by atoms with van der Waals surface area (Å²) in [6, 6.07) is 0. The number of unbranched alkanes of at least 4 members (excludes halogenated alkanes) is 18. The van der Waals surface area contributed by atoms with Crippen molar-refractivity contribution in [2.45, 2.75) is 255 Å². The fraction of sp³-hybridized carbons (Fsp3) is 0.938. The van der Waals surface area contributed by atoms with E-state index in [1.165, 1.54) is 116 Å². The molecule has 0 aliphatic heterocycles. The van der Waals surface area contributed by atoms with Gasteiger partial charge in [0.2, 0.25) is 17.7 Å². The van der Waals surface area contributed by atoms with Crippen LogP contribution in [0.2, 0.25) is 0 Å². The van der Waals surface area contributed by atoms with E-state index in [2.05, 4.69) is 67.2 Å². The van der Waals surface area contributed by atoms with E-state index in [1.807, 2.05) is 0 Å². The van der Waals surface area contributed by atoms with Crippen LogP contribution in [0.15, 0.2) is 0 Å². The van der Waals surface area contributed by atoms with Gasteiger partial charge in [0, 0.05) is 19.3 Å². The summed E-state index contributed by atoms with van der Waals surface area (Å²) in [4.78, 5) is 41.6. The normalized spacial score (nSPS) is 11.5. The van der Waals surface area contributed by atoms with Crippen molar-refractivity contribution in [1.29, 1.82) is 0 Å². The zero-order chi connectivity index (χ0) is 40.0. The second kappa shape index (κ2) is 40.4. The van der Waals surface area contributed by atoms with Gasteiger partial charge in [-0.3, -0.25) is 14.4 Å². The summed E-state index contributed by atoms with van der Waals surface area (Å²) in [5, 5.41) is 0. The van der Waals surface area contributed by atoms with Crippen molar-refractivity contribution in [3.8, 4) is 0 Å². The van der Waals surface area contributed by atoms with Crippen LogP contribution in [0.25, 0.3) is 0 Å². The summed E-state index contributed by atoms with van der Waals surface area (Å²) in [5.74, 6) is 1.77. The Balaban J connectivity index is 0. The lowest BCUT2D eigenvalue weighted by Crippen LogP contribution is -2.41. The van der Waals surface area contributed by atoms with Crippen LogP contribution in [0, 0.1) is 17.8 Å². The van der Waals surface area contributed by atoms with Gasteiger partial charge in [-0.2, -0.15) is 0 Å². The molecule has 0 rings (SSSR count). The van der Waals surface area contributed by atoms with Crippen molar-refractivity contribution in [2.75, 3.05) is 19.6 Å². The number of carbonyl (C=O) groups is 3. The lowest BCUT2D eigenvalue weighted by molar-refractivity contribution is -0.154. The van der Waals surface area contributed by atoms with E-state index in [0.717, 1.165) is 99.7 Å². The Morgan fingerprint density at radius 3 is 0.830 bits per heavy atom. The lowest BCUT2D eigenvalue weighted by Gasteiger charge is -2.22. The Kier molecular flexibility index (Phi) is 41.1. The van der Waals surface area contributed by atoms with Crippen LogP contribution in [-0.4, -0.2) is 47.2 Å². The maximum Gasteiger partial charge on any atom is 0.236 e. The molecule has 0 aromatic carbocycles. The topological polar surface area (TPSA) is 57.7 Å². The van der Waals surface area contributed by atoms with Crippen molar-refractivity contribution in [3.63, 3.8) is 0 Å². The van der Waals surface area contributed by atoms with Gasteiger partial charge in [0.15, 0.2) is 0 Å². The molecule has 0 atom stereocenters. The molecular weight excluding hydrogens is 653 g/mol. The highest BCUT2D eigenvalue weighted by Gasteiger charge is 2.27. The van der Waals surface area contributed by atoms with E-state index in [1.54, 1.807) is 0 Å². The highest BCUT2D eigenvalue weighted by atomic mass is 16.2. The van der Waals surface area contributed by atoms with Gasteiger partial charge in [0.25, 0.3) is 0 Å². The summed E-state index contributed by atoms with van der Waals surface area (Å²) in [6.07, 6.45) is 33.5. The number of hydrogen-bond acceptors (Lipinski definition) is 4. The molecule has 0 fully saturated rings. The molecule has 5 heteroatoms. The molecule has 3 amide bonds. The Labute approximate surface area is 333 Å². The summed E-state index contributed by atoms with van der Waals surface area (Å²) in [5.41, 5.74) is 0. The molecule has 0 spiro atoms. The first-order chi connectivity index (χ1) is 25.5. The first-order valence-electron chi connectivity index (χ1n) is 23.6. The second-order valence-corrected chi connectivity index (χ2v) is 17.6.